The maximum absolute atomic E-state index is 12.3. The molecule has 9 heteroatoms. The second kappa shape index (κ2) is 12.7. The summed E-state index contributed by atoms with van der Waals surface area (Å²) in [6.07, 6.45) is 5.53. The third kappa shape index (κ3) is 10.5. The first kappa shape index (κ1) is 25.4. The van der Waals surface area contributed by atoms with Gasteiger partial charge in [-0.05, 0) is 46.5 Å². The van der Waals surface area contributed by atoms with Gasteiger partial charge in [0, 0.05) is 37.8 Å². The van der Waals surface area contributed by atoms with Crippen LogP contribution < -0.4 is 10.6 Å². The fraction of sp³-hybridized carbons (Fsp3) is 0.882. The number of aliphatic imine (C=N–C) groups is 1. The molecule has 26 heavy (non-hydrogen) atoms. The van der Waals surface area contributed by atoms with E-state index in [4.69, 9.17) is 0 Å². The molecule has 0 radical (unpaired) electrons. The Morgan fingerprint density at radius 3 is 2.62 bits per heavy atom. The molecule has 154 valence electrons. The molecule has 0 aromatic heterocycles. The highest BCUT2D eigenvalue weighted by atomic mass is 127. The Labute approximate surface area is 175 Å². The predicted molar refractivity (Wildman–Crippen MR) is 118 cm³/mol. The van der Waals surface area contributed by atoms with Crippen LogP contribution in [0.1, 0.15) is 52.9 Å². The molecule has 0 bridgehead atoms. The van der Waals surface area contributed by atoms with E-state index in [-0.39, 0.29) is 41.7 Å². The van der Waals surface area contributed by atoms with Crippen LogP contribution in [0.5, 0.6) is 0 Å². The molecule has 0 saturated carbocycles. The Balaban J connectivity index is 0.00000625. The quantitative estimate of drug-likeness (QED) is 0.300. The summed E-state index contributed by atoms with van der Waals surface area (Å²) >= 11 is 0. The molecule has 0 aromatic carbocycles. The molecule has 1 fully saturated rings. The zero-order valence-corrected chi connectivity index (χ0v) is 19.6. The number of carbonyl (C=O) groups is 1. The molecule has 2 N–H and O–H groups in total. The number of likely N-dealkylation sites (tertiary alicyclic amines) is 1. The Morgan fingerprint density at radius 2 is 2.04 bits per heavy atom. The van der Waals surface area contributed by atoms with Crippen molar-refractivity contribution in [1.29, 1.82) is 0 Å². The Hall–Kier alpha value is -0.580. The predicted octanol–water partition coefficient (Wildman–Crippen LogP) is 1.77. The van der Waals surface area contributed by atoms with E-state index in [1.54, 1.807) is 0 Å². The SMILES string of the molecule is CCNC(=NCCC(=O)N1CCCCC1C)NC(C)CCS(C)(=O)=O.I. The summed E-state index contributed by atoms with van der Waals surface area (Å²) in [6, 6.07) is 0.318. The van der Waals surface area contributed by atoms with Gasteiger partial charge in [0.2, 0.25) is 5.91 Å². The Kier molecular flexibility index (Phi) is 12.5. The zero-order valence-electron chi connectivity index (χ0n) is 16.5. The van der Waals surface area contributed by atoms with Gasteiger partial charge in [0.15, 0.2) is 5.96 Å². The molecular weight excluding hydrogens is 467 g/mol. The van der Waals surface area contributed by atoms with Gasteiger partial charge in [-0.3, -0.25) is 9.79 Å². The van der Waals surface area contributed by atoms with Gasteiger partial charge in [0.1, 0.15) is 9.84 Å². The summed E-state index contributed by atoms with van der Waals surface area (Å²) in [7, 11) is -2.96. The van der Waals surface area contributed by atoms with Crippen molar-refractivity contribution in [3.63, 3.8) is 0 Å². The second-order valence-corrected chi connectivity index (χ2v) is 9.17. The summed E-state index contributed by atoms with van der Waals surface area (Å²) in [5.41, 5.74) is 0. The Bertz CT molecular complexity index is 554. The van der Waals surface area contributed by atoms with Crippen LogP contribution in [-0.4, -0.2) is 68.9 Å². The highest BCUT2D eigenvalue weighted by molar-refractivity contribution is 14.0. The first-order chi connectivity index (χ1) is 11.7. The van der Waals surface area contributed by atoms with Gasteiger partial charge in [-0.25, -0.2) is 8.42 Å². The maximum atomic E-state index is 12.3. The lowest BCUT2D eigenvalue weighted by Crippen LogP contribution is -2.43. The third-order valence-electron chi connectivity index (χ3n) is 4.37. The summed E-state index contributed by atoms with van der Waals surface area (Å²) in [4.78, 5) is 18.8. The normalized spacial score (nSPS) is 19.5. The molecule has 7 nitrogen and oxygen atoms in total. The van der Waals surface area contributed by atoms with E-state index < -0.39 is 9.84 Å². The third-order valence-corrected chi connectivity index (χ3v) is 5.35. The summed E-state index contributed by atoms with van der Waals surface area (Å²) < 4.78 is 22.5. The van der Waals surface area contributed by atoms with Crippen LogP contribution in [0.2, 0.25) is 0 Å². The van der Waals surface area contributed by atoms with E-state index in [2.05, 4.69) is 22.5 Å². The highest BCUT2D eigenvalue weighted by Gasteiger charge is 2.22. The summed E-state index contributed by atoms with van der Waals surface area (Å²) in [5, 5.41) is 6.34. The molecular formula is C17H35IN4O3S. The van der Waals surface area contributed by atoms with Crippen molar-refractivity contribution in [3.05, 3.63) is 0 Å². The van der Waals surface area contributed by atoms with Crippen molar-refractivity contribution in [2.45, 2.75) is 65.0 Å². The molecule has 1 aliphatic heterocycles. The van der Waals surface area contributed by atoms with Gasteiger partial charge in [0.25, 0.3) is 0 Å². The number of rotatable bonds is 8. The van der Waals surface area contributed by atoms with E-state index >= 15 is 0 Å². The summed E-state index contributed by atoms with van der Waals surface area (Å²) in [6.45, 7) is 8.00. The molecule has 1 aliphatic rings. The molecule has 0 aromatic rings. The van der Waals surface area contributed by atoms with Gasteiger partial charge in [-0.1, -0.05) is 0 Å². The van der Waals surface area contributed by atoms with E-state index in [9.17, 15) is 13.2 Å². The monoisotopic (exact) mass is 502 g/mol. The molecule has 0 spiro atoms. The van der Waals surface area contributed by atoms with Crippen molar-refractivity contribution in [2.24, 2.45) is 4.99 Å². The molecule has 1 heterocycles. The molecule has 2 atom stereocenters. The first-order valence-electron chi connectivity index (χ1n) is 9.25. The lowest BCUT2D eigenvalue weighted by Gasteiger charge is -2.33. The fourth-order valence-electron chi connectivity index (χ4n) is 2.89. The average Bonchev–Trinajstić information content (AvgIpc) is 2.52. The van der Waals surface area contributed by atoms with Gasteiger partial charge in [0.05, 0.1) is 12.3 Å². The van der Waals surface area contributed by atoms with Gasteiger partial charge >= 0.3 is 0 Å². The van der Waals surface area contributed by atoms with Gasteiger partial charge in [-0.15, -0.1) is 24.0 Å². The van der Waals surface area contributed by atoms with Gasteiger partial charge < -0.3 is 15.5 Å². The van der Waals surface area contributed by atoms with E-state index in [0.717, 1.165) is 19.4 Å². The molecule has 1 saturated heterocycles. The fourth-order valence-corrected chi connectivity index (χ4v) is 3.67. The second-order valence-electron chi connectivity index (χ2n) is 6.91. The number of hydrogen-bond donors (Lipinski definition) is 2. The minimum absolute atomic E-state index is 0. The maximum Gasteiger partial charge on any atom is 0.224 e. The Morgan fingerprint density at radius 1 is 1.35 bits per heavy atom. The average molecular weight is 502 g/mol. The lowest BCUT2D eigenvalue weighted by molar-refractivity contribution is -0.134. The van der Waals surface area contributed by atoms with E-state index in [1.165, 1.54) is 12.7 Å². The van der Waals surface area contributed by atoms with Crippen molar-refractivity contribution in [3.8, 4) is 0 Å². The van der Waals surface area contributed by atoms with Crippen molar-refractivity contribution >= 4 is 45.7 Å². The number of piperidine rings is 1. The molecule has 1 amide bonds. The number of amides is 1. The van der Waals surface area contributed by atoms with Gasteiger partial charge in [-0.2, -0.15) is 0 Å². The molecule has 2 unspecified atom stereocenters. The van der Waals surface area contributed by atoms with Crippen LogP contribution in [0.4, 0.5) is 0 Å². The highest BCUT2D eigenvalue weighted by Crippen LogP contribution is 2.17. The summed E-state index contributed by atoms with van der Waals surface area (Å²) in [5.74, 6) is 0.936. The van der Waals surface area contributed by atoms with Crippen LogP contribution in [0, 0.1) is 0 Å². The van der Waals surface area contributed by atoms with Crippen LogP contribution in [-0.2, 0) is 14.6 Å². The smallest absolute Gasteiger partial charge is 0.224 e. The molecule has 1 rings (SSSR count). The largest absolute Gasteiger partial charge is 0.357 e. The number of carbonyl (C=O) groups excluding carboxylic acids is 1. The van der Waals surface area contributed by atoms with E-state index in [0.29, 0.717) is 37.9 Å². The number of guanidine groups is 1. The van der Waals surface area contributed by atoms with Crippen molar-refractivity contribution in [1.82, 2.24) is 15.5 Å². The first-order valence-corrected chi connectivity index (χ1v) is 11.3. The number of nitrogens with zero attached hydrogens (tertiary/aromatic N) is 2. The number of nitrogens with one attached hydrogen (secondary N) is 2. The van der Waals surface area contributed by atoms with Crippen molar-refractivity contribution in [2.75, 3.05) is 31.6 Å². The minimum Gasteiger partial charge on any atom is -0.357 e. The number of hydrogen-bond acceptors (Lipinski definition) is 4. The van der Waals surface area contributed by atoms with Crippen LogP contribution >= 0.6 is 24.0 Å². The standard InChI is InChI=1S/C17H34N4O3S.HI/c1-5-18-17(20-14(2)10-13-25(4,23)24)19-11-9-16(22)21-12-7-6-8-15(21)3;/h14-15H,5-13H2,1-4H3,(H2,18,19,20);1H. The minimum atomic E-state index is -2.96. The topological polar surface area (TPSA) is 90.9 Å². The molecule has 0 aliphatic carbocycles. The lowest BCUT2D eigenvalue weighted by atomic mass is 10.0. The van der Waals surface area contributed by atoms with E-state index in [1.807, 2.05) is 18.7 Å². The number of halogens is 1. The van der Waals surface area contributed by atoms with Crippen LogP contribution in [0.25, 0.3) is 0 Å². The number of sulfone groups is 1. The van der Waals surface area contributed by atoms with Crippen molar-refractivity contribution < 1.29 is 13.2 Å². The van der Waals surface area contributed by atoms with Crippen LogP contribution in [0.3, 0.4) is 0 Å². The van der Waals surface area contributed by atoms with Crippen LogP contribution in [0.15, 0.2) is 4.99 Å². The zero-order chi connectivity index (χ0) is 18.9.